The van der Waals surface area contributed by atoms with E-state index >= 15 is 0 Å². The van der Waals surface area contributed by atoms with Crippen molar-refractivity contribution in [3.63, 3.8) is 0 Å². The third-order valence-corrected chi connectivity index (χ3v) is 5.87. The topological polar surface area (TPSA) is 86.2 Å². The van der Waals surface area contributed by atoms with Crippen molar-refractivity contribution in [3.05, 3.63) is 118 Å². The fourth-order valence-electron chi connectivity index (χ4n) is 3.44. The van der Waals surface area contributed by atoms with Crippen LogP contribution in [-0.4, -0.2) is 22.6 Å². The van der Waals surface area contributed by atoms with Crippen molar-refractivity contribution >= 4 is 22.2 Å². The van der Waals surface area contributed by atoms with E-state index in [9.17, 15) is 13.2 Å². The molecule has 0 radical (unpaired) electrons. The number of aromatic nitrogens is 2. The average molecular weight is 593 g/mol. The predicted molar refractivity (Wildman–Crippen MR) is 147 cm³/mol. The minimum Gasteiger partial charge on any atom is -0.457 e. The summed E-state index contributed by atoms with van der Waals surface area (Å²) in [6.07, 6.45) is 0.468. The lowest BCUT2D eigenvalue weighted by Gasteiger charge is -2.10. The summed E-state index contributed by atoms with van der Waals surface area (Å²) in [5.74, 6) is 0.927. The van der Waals surface area contributed by atoms with E-state index in [1.165, 1.54) is 17.7 Å². The Hall–Kier alpha value is -3.76. The maximum absolute atomic E-state index is 12.6. The van der Waals surface area contributed by atoms with Crippen molar-refractivity contribution in [2.45, 2.75) is 45.7 Å². The van der Waals surface area contributed by atoms with Gasteiger partial charge in [-0.05, 0) is 74.6 Å². The first-order valence-corrected chi connectivity index (χ1v) is 13.6. The zero-order chi connectivity index (χ0) is 29.5. The normalized spacial score (nSPS) is 10.4. The molecule has 6 nitrogen and oxygen atoms in total. The zero-order valence-electron chi connectivity index (χ0n) is 21.9. The molecule has 4 rings (SSSR count). The molecule has 0 aliphatic heterocycles. The predicted octanol–water partition coefficient (Wildman–Crippen LogP) is 7.67. The van der Waals surface area contributed by atoms with E-state index in [4.69, 9.17) is 29.0 Å². The molecule has 4 aromatic rings. The molecule has 212 valence electrons. The van der Waals surface area contributed by atoms with E-state index < -0.39 is 22.3 Å². The van der Waals surface area contributed by atoms with Gasteiger partial charge in [0.25, 0.3) is 0 Å². The fourth-order valence-corrected chi connectivity index (χ4v) is 3.76. The fraction of sp³-hybridized carbons (Fsp3) is 0.241. The monoisotopic (exact) mass is 592 g/mol. The van der Waals surface area contributed by atoms with Gasteiger partial charge in [0.1, 0.15) is 17.8 Å². The molecule has 0 unspecified atom stereocenters. The van der Waals surface area contributed by atoms with Crippen LogP contribution in [0.5, 0.6) is 11.5 Å². The third kappa shape index (κ3) is 12.0. The Morgan fingerprint density at radius 3 is 1.80 bits per heavy atom. The molecule has 0 saturated heterocycles. The second-order valence-corrected chi connectivity index (χ2v) is 9.20. The molecule has 0 saturated carbocycles. The maximum atomic E-state index is 12.6. The Labute approximate surface area is 237 Å². The second kappa shape index (κ2) is 16.4. The van der Waals surface area contributed by atoms with Crippen molar-refractivity contribution in [2.75, 3.05) is 0 Å². The van der Waals surface area contributed by atoms with Crippen molar-refractivity contribution < 1.29 is 30.5 Å². The Kier molecular flexibility index (Phi) is 13.3. The van der Waals surface area contributed by atoms with E-state index in [0.29, 0.717) is 16.5 Å². The first-order valence-electron chi connectivity index (χ1n) is 12.2. The number of nitrogens with zero attached hydrogens (tertiary/aromatic N) is 2. The number of halogens is 4. The molecule has 1 aromatic heterocycles. The van der Waals surface area contributed by atoms with Crippen LogP contribution >= 0.6 is 11.6 Å². The van der Waals surface area contributed by atoms with Crippen molar-refractivity contribution in [2.24, 2.45) is 0 Å². The first-order chi connectivity index (χ1) is 19.0. The van der Waals surface area contributed by atoms with E-state index in [1.807, 2.05) is 37.3 Å². The summed E-state index contributed by atoms with van der Waals surface area (Å²) < 4.78 is 68.8. The smallest absolute Gasteiger partial charge is 0.425 e. The van der Waals surface area contributed by atoms with Gasteiger partial charge < -0.3 is 4.74 Å². The number of aryl methyl sites for hydroxylation is 4. The Bertz CT molecular complexity index is 1430. The van der Waals surface area contributed by atoms with Gasteiger partial charge in [-0.3, -0.25) is 0 Å². The van der Waals surface area contributed by atoms with Gasteiger partial charge in [-0.15, -0.1) is 12.6 Å². The van der Waals surface area contributed by atoms with Crippen LogP contribution < -0.4 is 4.74 Å². The van der Waals surface area contributed by atoms with Crippen LogP contribution in [0.25, 0.3) is 0 Å². The quantitative estimate of drug-likeness (QED) is 0.219. The van der Waals surface area contributed by atoms with Crippen molar-refractivity contribution in [1.29, 1.82) is 0 Å². The molecule has 0 atom stereocenters. The molecule has 1 heterocycles. The van der Waals surface area contributed by atoms with Crippen LogP contribution in [0.2, 0.25) is 5.02 Å². The van der Waals surface area contributed by atoms with Crippen LogP contribution in [0.1, 0.15) is 41.4 Å². The maximum Gasteiger partial charge on any atom is 0.425 e. The van der Waals surface area contributed by atoms with Crippen LogP contribution in [0.15, 0.2) is 85.2 Å². The lowest BCUT2D eigenvalue weighted by Crippen LogP contribution is -2.03. The minimum absolute atomic E-state index is 0.357. The van der Waals surface area contributed by atoms with Gasteiger partial charge in [-0.25, -0.2) is 9.97 Å². The van der Waals surface area contributed by atoms with Crippen LogP contribution in [-0.2, 0) is 36.0 Å². The third-order valence-electron chi connectivity index (χ3n) is 5.43. The van der Waals surface area contributed by atoms with E-state index in [1.54, 1.807) is 18.5 Å². The van der Waals surface area contributed by atoms with E-state index in [2.05, 4.69) is 29.0 Å². The van der Waals surface area contributed by atoms with Crippen molar-refractivity contribution in [3.8, 4) is 11.5 Å². The number of benzene rings is 3. The van der Waals surface area contributed by atoms with Gasteiger partial charge in [0.2, 0.25) is 0 Å². The lowest BCUT2D eigenvalue weighted by atomic mass is 10.1. The number of ether oxygens (including phenoxy) is 1. The molecular weight excluding hydrogens is 565 g/mol. The largest absolute Gasteiger partial charge is 0.457 e. The standard InChI is InChI=1S/C22H20ClF3N2O.C7H8.O3S/c1-2-19-21(23)20(28-14-27-19)5-3-4-15-6-10-17(11-7-15)29-18-12-8-16(9-13-18)22(24,25)26;1-7-5-3-2-4-6-7;1-4(2)3/h6-14H,2-5H2,1H3;2-6H,1H3;. The summed E-state index contributed by atoms with van der Waals surface area (Å²) in [7, 11) is -3.11. The van der Waals surface area contributed by atoms with Gasteiger partial charge in [0, 0.05) is 0 Å². The highest BCUT2D eigenvalue weighted by molar-refractivity contribution is 7.59. The molecular formula is C29H28ClF3N2O4S. The number of hydrogen-bond donors (Lipinski definition) is 0. The Morgan fingerprint density at radius 2 is 1.32 bits per heavy atom. The highest BCUT2D eigenvalue weighted by Gasteiger charge is 2.30. The molecule has 0 fully saturated rings. The SMILES string of the molecule is CCc1ncnc(CCCc2ccc(Oc3ccc(C(F)(F)F)cc3)cc2)c1Cl.Cc1ccccc1.O=S(=O)=O. The number of alkyl halides is 3. The summed E-state index contributed by atoms with van der Waals surface area (Å²) in [5.41, 5.74) is 3.48. The second-order valence-electron chi connectivity index (χ2n) is 8.42. The Balaban J connectivity index is 0.000000426. The molecule has 0 amide bonds. The molecule has 11 heteroatoms. The number of hydrogen-bond acceptors (Lipinski definition) is 6. The molecule has 0 bridgehead atoms. The van der Waals surface area contributed by atoms with Gasteiger partial charge in [0.05, 0.1) is 22.0 Å². The summed E-state index contributed by atoms with van der Waals surface area (Å²) in [5, 5.41) is 0.648. The highest BCUT2D eigenvalue weighted by atomic mass is 35.5. The summed E-state index contributed by atoms with van der Waals surface area (Å²) in [4.78, 5) is 8.44. The molecule has 0 aliphatic rings. The molecule has 0 spiro atoms. The van der Waals surface area contributed by atoms with Gasteiger partial charge in [-0.1, -0.05) is 66.6 Å². The molecule has 40 heavy (non-hydrogen) atoms. The summed E-state index contributed by atoms with van der Waals surface area (Å²) in [6.45, 7) is 4.09. The van der Waals surface area contributed by atoms with Crippen LogP contribution in [0.3, 0.4) is 0 Å². The van der Waals surface area contributed by atoms with Crippen LogP contribution in [0, 0.1) is 6.92 Å². The highest BCUT2D eigenvalue weighted by Crippen LogP contribution is 2.31. The van der Waals surface area contributed by atoms with E-state index in [0.717, 1.165) is 54.8 Å². The Morgan fingerprint density at radius 1 is 0.800 bits per heavy atom. The van der Waals surface area contributed by atoms with Gasteiger partial charge in [-0.2, -0.15) is 13.2 Å². The van der Waals surface area contributed by atoms with Crippen molar-refractivity contribution in [1.82, 2.24) is 9.97 Å². The molecule has 0 aliphatic carbocycles. The molecule has 0 N–H and O–H groups in total. The number of rotatable bonds is 7. The summed E-state index contributed by atoms with van der Waals surface area (Å²) in [6, 6.07) is 22.4. The average Bonchev–Trinajstić information content (AvgIpc) is 2.91. The molecule has 3 aromatic carbocycles. The van der Waals surface area contributed by atoms with Crippen LogP contribution in [0.4, 0.5) is 13.2 Å². The van der Waals surface area contributed by atoms with Gasteiger partial charge in [0.15, 0.2) is 0 Å². The minimum atomic E-state index is -4.35. The first kappa shape index (κ1) is 32.5. The van der Waals surface area contributed by atoms with E-state index in [-0.39, 0.29) is 0 Å². The lowest BCUT2D eigenvalue weighted by molar-refractivity contribution is -0.137. The summed E-state index contributed by atoms with van der Waals surface area (Å²) >= 11 is 6.32. The zero-order valence-corrected chi connectivity index (χ0v) is 23.4. The van der Waals surface area contributed by atoms with Gasteiger partial charge >= 0.3 is 16.8 Å².